The Morgan fingerprint density at radius 1 is 1.22 bits per heavy atom. The molecule has 0 fully saturated rings. The van der Waals surface area contributed by atoms with Crippen LogP contribution in [-0.2, 0) is 13.0 Å². The van der Waals surface area contributed by atoms with Crippen molar-refractivity contribution in [2.75, 3.05) is 11.1 Å². The molecule has 4 rings (SSSR count). The maximum atomic E-state index is 13.8. The van der Waals surface area contributed by atoms with E-state index in [0.29, 0.717) is 11.2 Å². The van der Waals surface area contributed by atoms with Gasteiger partial charge in [0.1, 0.15) is 29.8 Å². The van der Waals surface area contributed by atoms with Gasteiger partial charge < -0.3 is 16.2 Å². The monoisotopic (exact) mass is 480 g/mol. The molecular formula is C28H28N6O2. The van der Waals surface area contributed by atoms with Gasteiger partial charge in [0.2, 0.25) is 0 Å². The van der Waals surface area contributed by atoms with Crippen LogP contribution in [0.4, 0.5) is 11.6 Å². The van der Waals surface area contributed by atoms with Gasteiger partial charge in [-0.05, 0) is 54.8 Å². The summed E-state index contributed by atoms with van der Waals surface area (Å²) in [5.41, 5.74) is 9.60. The maximum Gasteiger partial charge on any atom is 0.263 e. The van der Waals surface area contributed by atoms with Gasteiger partial charge in [0.05, 0.1) is 23.2 Å². The molecule has 0 radical (unpaired) electrons. The summed E-state index contributed by atoms with van der Waals surface area (Å²) < 4.78 is 1.74. The predicted octanol–water partition coefficient (Wildman–Crippen LogP) is 3.60. The second-order valence-corrected chi connectivity index (χ2v) is 8.45. The molecule has 2 aromatic carbocycles. The number of nitrogens with zero attached hydrogens (tertiary/aromatic N) is 3. The first-order chi connectivity index (χ1) is 17.3. The van der Waals surface area contributed by atoms with Crippen LogP contribution in [0.5, 0.6) is 0 Å². The summed E-state index contributed by atoms with van der Waals surface area (Å²) >= 11 is 0. The van der Waals surface area contributed by atoms with E-state index in [0.717, 1.165) is 34.3 Å². The highest BCUT2D eigenvalue weighted by atomic mass is 16.3. The summed E-state index contributed by atoms with van der Waals surface area (Å²) in [6, 6.07) is 15.6. The number of hydrogen-bond acceptors (Lipinski definition) is 7. The van der Waals surface area contributed by atoms with Crippen LogP contribution in [-0.4, -0.2) is 31.5 Å². The molecule has 0 saturated heterocycles. The Morgan fingerprint density at radius 2 is 2.00 bits per heavy atom. The Hall–Kier alpha value is -4.48. The van der Waals surface area contributed by atoms with Gasteiger partial charge >= 0.3 is 0 Å². The van der Waals surface area contributed by atoms with Gasteiger partial charge in [-0.2, -0.15) is 0 Å². The SMILES string of the molecule is CCc1ccccc1-n1c(CNc2ncnc(N)c2C(=N)C#C[C@@H](C)O)cc2cccc(C)c2c1=O. The van der Waals surface area contributed by atoms with E-state index in [4.69, 9.17) is 11.1 Å². The summed E-state index contributed by atoms with van der Waals surface area (Å²) in [6.07, 6.45) is 1.19. The number of aromatic nitrogens is 3. The molecule has 2 aromatic heterocycles. The van der Waals surface area contributed by atoms with Crippen LogP contribution in [0.1, 0.15) is 36.2 Å². The lowest BCUT2D eigenvalue weighted by molar-refractivity contribution is 0.253. The van der Waals surface area contributed by atoms with Crippen molar-refractivity contribution >= 4 is 28.1 Å². The number of nitrogens with two attached hydrogens (primary N) is 1. The van der Waals surface area contributed by atoms with Gasteiger partial charge in [-0.25, -0.2) is 9.97 Å². The average Bonchev–Trinajstić information content (AvgIpc) is 2.86. The first kappa shape index (κ1) is 24.6. The van der Waals surface area contributed by atoms with E-state index >= 15 is 0 Å². The standard InChI is InChI=1S/C28H28N6O2/c1-4-19-9-5-6-11-23(19)34-21(14-20-10-7-8-17(2)24(20)28(34)36)15-31-27-25(26(30)32-16-33-27)22(29)13-12-18(3)35/h5-11,14,16,18,29,35H,4,15H2,1-3H3,(H3,30,31,32,33)/t18-/m1/s1. The largest absolute Gasteiger partial charge is 0.383 e. The highest BCUT2D eigenvalue weighted by Gasteiger charge is 2.17. The molecule has 182 valence electrons. The van der Waals surface area contributed by atoms with Crippen LogP contribution in [0.3, 0.4) is 0 Å². The summed E-state index contributed by atoms with van der Waals surface area (Å²) in [5, 5.41) is 22.6. The molecule has 0 saturated carbocycles. The average molecular weight is 481 g/mol. The van der Waals surface area contributed by atoms with E-state index in [2.05, 4.69) is 34.0 Å². The minimum Gasteiger partial charge on any atom is -0.383 e. The van der Waals surface area contributed by atoms with Gasteiger partial charge in [0, 0.05) is 5.69 Å². The molecule has 36 heavy (non-hydrogen) atoms. The Bertz CT molecular complexity index is 1580. The number of aryl methyl sites for hydroxylation is 2. The number of anilines is 2. The number of nitrogen functional groups attached to an aromatic ring is 1. The molecule has 2 heterocycles. The van der Waals surface area contributed by atoms with Crippen molar-refractivity contribution in [2.24, 2.45) is 0 Å². The van der Waals surface area contributed by atoms with E-state index in [1.54, 1.807) is 4.57 Å². The quantitative estimate of drug-likeness (QED) is 0.246. The third-order valence-electron chi connectivity index (χ3n) is 5.91. The normalized spacial score (nSPS) is 11.6. The molecule has 5 N–H and O–H groups in total. The fraction of sp³-hybridized carbons (Fsp3) is 0.214. The van der Waals surface area contributed by atoms with Crippen LogP contribution in [0, 0.1) is 24.2 Å². The van der Waals surface area contributed by atoms with Crippen molar-refractivity contribution < 1.29 is 5.11 Å². The molecule has 8 heteroatoms. The van der Waals surface area contributed by atoms with Crippen LogP contribution >= 0.6 is 0 Å². The van der Waals surface area contributed by atoms with E-state index in [1.807, 2.05) is 55.5 Å². The number of pyridine rings is 1. The van der Waals surface area contributed by atoms with Crippen LogP contribution < -0.4 is 16.6 Å². The van der Waals surface area contributed by atoms with Gasteiger partial charge in [0.25, 0.3) is 5.56 Å². The molecule has 0 spiro atoms. The Kier molecular flexibility index (Phi) is 7.13. The van der Waals surface area contributed by atoms with Crippen molar-refractivity contribution in [3.05, 3.63) is 87.6 Å². The topological polar surface area (TPSA) is 130 Å². The molecule has 4 aromatic rings. The lowest BCUT2D eigenvalue weighted by Gasteiger charge is -2.19. The summed E-state index contributed by atoms with van der Waals surface area (Å²) in [7, 11) is 0. The Morgan fingerprint density at radius 3 is 2.75 bits per heavy atom. The fourth-order valence-corrected chi connectivity index (χ4v) is 4.20. The van der Waals surface area contributed by atoms with E-state index in [-0.39, 0.29) is 29.2 Å². The van der Waals surface area contributed by atoms with Gasteiger partial charge in [-0.3, -0.25) is 14.8 Å². The number of nitrogens with one attached hydrogen (secondary N) is 2. The Labute approximate surface area is 209 Å². The zero-order chi connectivity index (χ0) is 25.8. The molecule has 0 unspecified atom stereocenters. The number of para-hydroxylation sites is 1. The van der Waals surface area contributed by atoms with Gasteiger partial charge in [-0.1, -0.05) is 49.2 Å². The van der Waals surface area contributed by atoms with E-state index in [1.165, 1.54) is 13.3 Å². The summed E-state index contributed by atoms with van der Waals surface area (Å²) in [4.78, 5) is 22.1. The first-order valence-electron chi connectivity index (χ1n) is 11.7. The molecule has 8 nitrogen and oxygen atoms in total. The third kappa shape index (κ3) is 4.83. The first-order valence-corrected chi connectivity index (χ1v) is 11.7. The van der Waals surface area contributed by atoms with E-state index < -0.39 is 6.10 Å². The molecule has 0 amide bonds. The zero-order valence-electron chi connectivity index (χ0n) is 20.5. The number of benzene rings is 2. The lowest BCUT2D eigenvalue weighted by atomic mass is 10.0. The van der Waals surface area contributed by atoms with Crippen molar-refractivity contribution in [2.45, 2.75) is 39.8 Å². The zero-order valence-corrected chi connectivity index (χ0v) is 20.5. The molecule has 0 aliphatic heterocycles. The summed E-state index contributed by atoms with van der Waals surface area (Å²) in [6.45, 7) is 5.74. The number of fused-ring (bicyclic) bond motifs is 1. The van der Waals surface area contributed by atoms with E-state index in [9.17, 15) is 9.90 Å². The smallest absolute Gasteiger partial charge is 0.263 e. The van der Waals surface area contributed by atoms with Crippen molar-refractivity contribution in [3.8, 4) is 17.5 Å². The van der Waals surface area contributed by atoms with Gasteiger partial charge in [-0.15, -0.1) is 0 Å². The number of rotatable bonds is 6. The number of aliphatic hydroxyl groups excluding tert-OH is 1. The fourth-order valence-electron chi connectivity index (χ4n) is 4.20. The van der Waals surface area contributed by atoms with Crippen LogP contribution in [0.2, 0.25) is 0 Å². The van der Waals surface area contributed by atoms with Crippen molar-refractivity contribution in [1.82, 2.24) is 14.5 Å². The number of hydrogen-bond donors (Lipinski definition) is 4. The van der Waals surface area contributed by atoms with Crippen molar-refractivity contribution in [1.29, 1.82) is 5.41 Å². The highest BCUT2D eigenvalue weighted by Crippen LogP contribution is 2.23. The lowest BCUT2D eigenvalue weighted by Crippen LogP contribution is -2.25. The molecule has 0 bridgehead atoms. The number of aliphatic hydroxyl groups is 1. The van der Waals surface area contributed by atoms with Gasteiger partial charge in [0.15, 0.2) is 0 Å². The molecular weight excluding hydrogens is 452 g/mol. The highest BCUT2D eigenvalue weighted by molar-refractivity contribution is 6.16. The Balaban J connectivity index is 1.85. The predicted molar refractivity (Wildman–Crippen MR) is 144 cm³/mol. The van der Waals surface area contributed by atoms with Crippen molar-refractivity contribution in [3.63, 3.8) is 0 Å². The molecule has 1 atom stereocenters. The maximum absolute atomic E-state index is 13.8. The third-order valence-corrected chi connectivity index (χ3v) is 5.91. The minimum atomic E-state index is -0.887. The minimum absolute atomic E-state index is 0.0960. The molecule has 0 aliphatic carbocycles. The van der Waals surface area contributed by atoms with Crippen LogP contribution in [0.15, 0.2) is 59.7 Å². The second kappa shape index (κ2) is 10.4. The summed E-state index contributed by atoms with van der Waals surface area (Å²) in [5.74, 6) is 5.56. The van der Waals surface area contributed by atoms with Crippen LogP contribution in [0.25, 0.3) is 16.5 Å². The second-order valence-electron chi connectivity index (χ2n) is 8.45. The molecule has 0 aliphatic rings.